The van der Waals surface area contributed by atoms with Crippen molar-refractivity contribution in [2.45, 2.75) is 19.2 Å². The van der Waals surface area contributed by atoms with Crippen molar-refractivity contribution in [1.29, 1.82) is 0 Å². The molecule has 2 aromatic carbocycles. The second-order valence-electron chi connectivity index (χ2n) is 4.71. The van der Waals surface area contributed by atoms with E-state index in [-0.39, 0.29) is 11.2 Å². The molecule has 2 rings (SSSR count). The summed E-state index contributed by atoms with van der Waals surface area (Å²) in [5.41, 5.74) is 3.60. The average Bonchev–Trinajstić information content (AvgIpc) is 2.37. The number of ether oxygens (including phenoxy) is 1. The Bertz CT molecular complexity index is 619. The Morgan fingerprint density at radius 3 is 2.25 bits per heavy atom. The minimum absolute atomic E-state index is 0.233. The predicted molar refractivity (Wildman–Crippen MR) is 84.3 cm³/mol. The maximum atomic E-state index is 13.4. The van der Waals surface area contributed by atoms with Gasteiger partial charge in [-0.15, -0.1) is 11.6 Å². The molecule has 1 atom stereocenters. The number of aryl methyl sites for hydroxylation is 2. The highest BCUT2D eigenvalue weighted by Crippen LogP contribution is 2.37. The molecular weight excluding hydrogens is 343 g/mol. The summed E-state index contributed by atoms with van der Waals surface area (Å²) in [6.07, 6.45) is 0. The minimum atomic E-state index is -0.321. The molecule has 0 aliphatic rings. The third kappa shape index (κ3) is 2.99. The molecule has 0 saturated carbocycles. The third-order valence-electron chi connectivity index (χ3n) is 3.28. The van der Waals surface area contributed by atoms with E-state index >= 15 is 0 Å². The summed E-state index contributed by atoms with van der Waals surface area (Å²) in [6, 6.07) is 8.73. The molecule has 0 aromatic heterocycles. The van der Waals surface area contributed by atoms with Crippen LogP contribution in [-0.2, 0) is 0 Å². The highest BCUT2D eigenvalue weighted by atomic mass is 79.9. The predicted octanol–water partition coefficient (Wildman–Crippen LogP) is 5.54. The van der Waals surface area contributed by atoms with Crippen LogP contribution in [0.5, 0.6) is 5.75 Å². The van der Waals surface area contributed by atoms with E-state index < -0.39 is 0 Å². The van der Waals surface area contributed by atoms with Gasteiger partial charge in [0.15, 0.2) is 0 Å². The van der Waals surface area contributed by atoms with Crippen molar-refractivity contribution in [3.63, 3.8) is 0 Å². The molecule has 0 N–H and O–H groups in total. The smallest absolute Gasteiger partial charge is 0.133 e. The van der Waals surface area contributed by atoms with Crippen LogP contribution in [0.25, 0.3) is 0 Å². The Kier molecular flexibility index (Phi) is 4.71. The highest BCUT2D eigenvalue weighted by Gasteiger charge is 2.17. The van der Waals surface area contributed by atoms with Crippen LogP contribution in [0.2, 0.25) is 0 Å². The van der Waals surface area contributed by atoms with Crippen molar-refractivity contribution < 1.29 is 9.13 Å². The zero-order chi connectivity index (χ0) is 14.9. The first-order valence-electron chi connectivity index (χ1n) is 6.18. The molecule has 0 fully saturated rings. The van der Waals surface area contributed by atoms with E-state index in [0.29, 0.717) is 0 Å². The Labute approximate surface area is 131 Å². The van der Waals surface area contributed by atoms with Gasteiger partial charge in [0.05, 0.1) is 17.0 Å². The average molecular weight is 358 g/mol. The number of hydrogen-bond acceptors (Lipinski definition) is 1. The largest absolute Gasteiger partial charge is 0.496 e. The molecule has 1 nitrogen and oxygen atoms in total. The Hall–Kier alpha value is -1.06. The summed E-state index contributed by atoms with van der Waals surface area (Å²) in [5, 5.41) is -0.321. The van der Waals surface area contributed by atoms with Crippen molar-refractivity contribution in [2.75, 3.05) is 7.11 Å². The summed E-state index contributed by atoms with van der Waals surface area (Å²) in [4.78, 5) is 0. The Morgan fingerprint density at radius 2 is 1.75 bits per heavy atom. The molecule has 1 unspecified atom stereocenters. The van der Waals surface area contributed by atoms with E-state index in [4.69, 9.17) is 16.3 Å². The molecule has 0 amide bonds. The SMILES string of the molecule is COc1ccc(C(Cl)c2c(C)cc(F)cc2C)cc1Br. The summed E-state index contributed by atoms with van der Waals surface area (Å²) in [7, 11) is 1.62. The standard InChI is InChI=1S/C16H15BrClFO/c1-9-6-12(19)7-10(2)15(9)16(18)11-4-5-14(20-3)13(17)8-11/h4-8,16H,1-3H3. The first-order chi connectivity index (χ1) is 9.43. The van der Waals surface area contributed by atoms with Crippen molar-refractivity contribution in [1.82, 2.24) is 0 Å². The monoisotopic (exact) mass is 356 g/mol. The fourth-order valence-corrected chi connectivity index (χ4v) is 3.37. The van der Waals surface area contributed by atoms with Crippen LogP contribution < -0.4 is 4.74 Å². The number of hydrogen-bond donors (Lipinski definition) is 0. The van der Waals surface area contributed by atoms with Gasteiger partial charge in [0.2, 0.25) is 0 Å². The van der Waals surface area contributed by atoms with Crippen molar-refractivity contribution in [3.8, 4) is 5.75 Å². The van der Waals surface area contributed by atoms with Gasteiger partial charge < -0.3 is 4.74 Å². The summed E-state index contributed by atoms with van der Waals surface area (Å²) in [6.45, 7) is 3.75. The number of benzene rings is 2. The third-order valence-corrected chi connectivity index (χ3v) is 4.37. The van der Waals surface area contributed by atoms with Crippen molar-refractivity contribution in [2.24, 2.45) is 0 Å². The quantitative estimate of drug-likeness (QED) is 0.655. The van der Waals surface area contributed by atoms with Crippen LogP contribution in [0.15, 0.2) is 34.8 Å². The van der Waals surface area contributed by atoms with Crippen LogP contribution in [0, 0.1) is 19.7 Å². The van der Waals surface area contributed by atoms with Gasteiger partial charge in [-0.2, -0.15) is 0 Å². The lowest BCUT2D eigenvalue weighted by Crippen LogP contribution is -2.01. The van der Waals surface area contributed by atoms with Gasteiger partial charge >= 0.3 is 0 Å². The topological polar surface area (TPSA) is 9.23 Å². The molecule has 2 aromatic rings. The van der Waals surface area contributed by atoms with E-state index in [1.54, 1.807) is 7.11 Å². The second kappa shape index (κ2) is 6.15. The zero-order valence-corrected chi connectivity index (χ0v) is 13.8. The van der Waals surface area contributed by atoms with Crippen molar-refractivity contribution in [3.05, 3.63) is 62.9 Å². The maximum Gasteiger partial charge on any atom is 0.133 e. The lowest BCUT2D eigenvalue weighted by Gasteiger charge is -2.17. The molecule has 0 spiro atoms. The molecule has 0 aliphatic heterocycles. The second-order valence-corrected chi connectivity index (χ2v) is 6.00. The molecule has 0 heterocycles. The lowest BCUT2D eigenvalue weighted by molar-refractivity contribution is 0.412. The van der Waals surface area contributed by atoms with Crippen LogP contribution in [-0.4, -0.2) is 7.11 Å². The van der Waals surface area contributed by atoms with E-state index in [1.807, 2.05) is 32.0 Å². The van der Waals surface area contributed by atoms with E-state index in [9.17, 15) is 4.39 Å². The van der Waals surface area contributed by atoms with Gasteiger partial charge in [-0.1, -0.05) is 6.07 Å². The van der Waals surface area contributed by atoms with Gasteiger partial charge in [0, 0.05) is 0 Å². The van der Waals surface area contributed by atoms with E-state index in [0.717, 1.165) is 32.5 Å². The number of alkyl halides is 1. The van der Waals surface area contributed by atoms with Gasteiger partial charge in [0.1, 0.15) is 11.6 Å². The van der Waals surface area contributed by atoms with Crippen LogP contribution >= 0.6 is 27.5 Å². The normalized spacial score (nSPS) is 12.3. The van der Waals surface area contributed by atoms with E-state index in [1.165, 1.54) is 12.1 Å². The van der Waals surface area contributed by atoms with Crippen molar-refractivity contribution >= 4 is 27.5 Å². The fourth-order valence-electron chi connectivity index (χ4n) is 2.33. The van der Waals surface area contributed by atoms with Gasteiger partial charge in [-0.25, -0.2) is 4.39 Å². The van der Waals surface area contributed by atoms with Crippen LogP contribution in [0.1, 0.15) is 27.6 Å². The first kappa shape index (κ1) is 15.3. The molecule has 20 heavy (non-hydrogen) atoms. The summed E-state index contributed by atoms with van der Waals surface area (Å²) < 4.78 is 19.4. The van der Waals surface area contributed by atoms with Gasteiger partial charge in [-0.05, 0) is 76.3 Å². The fraction of sp³-hybridized carbons (Fsp3) is 0.250. The molecule has 0 bridgehead atoms. The Morgan fingerprint density at radius 1 is 1.15 bits per heavy atom. The summed E-state index contributed by atoms with van der Waals surface area (Å²) in [5.74, 6) is 0.522. The molecule has 4 heteroatoms. The van der Waals surface area contributed by atoms with E-state index in [2.05, 4.69) is 15.9 Å². The van der Waals surface area contributed by atoms with Crippen LogP contribution in [0.3, 0.4) is 0 Å². The molecule has 0 radical (unpaired) electrons. The molecule has 106 valence electrons. The number of rotatable bonds is 3. The molecule has 0 saturated heterocycles. The minimum Gasteiger partial charge on any atom is -0.496 e. The molecule has 0 aliphatic carbocycles. The highest BCUT2D eigenvalue weighted by molar-refractivity contribution is 9.10. The zero-order valence-electron chi connectivity index (χ0n) is 11.5. The number of halogens is 3. The summed E-state index contributed by atoms with van der Waals surface area (Å²) >= 11 is 10.0. The van der Waals surface area contributed by atoms with Gasteiger partial charge in [-0.3, -0.25) is 0 Å². The first-order valence-corrected chi connectivity index (χ1v) is 7.41. The lowest BCUT2D eigenvalue weighted by atomic mass is 9.95. The maximum absolute atomic E-state index is 13.4. The van der Waals surface area contributed by atoms with Gasteiger partial charge in [0.25, 0.3) is 0 Å². The Balaban J connectivity index is 2.46. The molecular formula is C16H15BrClFO. The van der Waals surface area contributed by atoms with Crippen LogP contribution in [0.4, 0.5) is 4.39 Å². The number of methoxy groups -OCH3 is 1.